The molecule has 1 amide bonds. The van der Waals surface area contributed by atoms with Gasteiger partial charge in [-0.15, -0.1) is 0 Å². The minimum absolute atomic E-state index is 0.154. The Morgan fingerprint density at radius 2 is 1.86 bits per heavy atom. The molecule has 1 spiro atoms. The number of hydrogen-bond acceptors (Lipinski definition) is 4. The second-order valence-corrected chi connectivity index (χ2v) is 7.75. The molecule has 4 rings (SSSR count). The van der Waals surface area contributed by atoms with E-state index in [1.807, 2.05) is 30.3 Å². The molecular weight excluding hydrogens is 361 g/mol. The molecule has 5 nitrogen and oxygen atoms in total. The Bertz CT molecular complexity index is 849. The van der Waals surface area contributed by atoms with Gasteiger partial charge in [-0.1, -0.05) is 30.3 Å². The first-order valence-electron chi connectivity index (χ1n) is 9.64. The number of rotatable bonds is 2. The second kappa shape index (κ2) is 7.53. The smallest absolute Gasteiger partial charge is 0.253 e. The van der Waals surface area contributed by atoms with Crippen molar-refractivity contribution >= 4 is 5.91 Å². The molecule has 2 aliphatic heterocycles. The van der Waals surface area contributed by atoms with Crippen molar-refractivity contribution < 1.29 is 24.1 Å². The van der Waals surface area contributed by atoms with Gasteiger partial charge < -0.3 is 19.8 Å². The van der Waals surface area contributed by atoms with Crippen LogP contribution in [0.15, 0.2) is 48.5 Å². The number of hydrogen-bond donors (Lipinski definition) is 2. The Morgan fingerprint density at radius 3 is 2.54 bits per heavy atom. The number of carbonyl (C=O) groups excluding carboxylic acids is 1. The number of likely N-dealkylation sites (tertiary alicyclic amines) is 1. The molecule has 6 heteroatoms. The minimum Gasteiger partial charge on any atom is -0.505 e. The van der Waals surface area contributed by atoms with Crippen molar-refractivity contribution in [3.63, 3.8) is 0 Å². The zero-order valence-corrected chi connectivity index (χ0v) is 15.6. The Labute approximate surface area is 163 Å². The summed E-state index contributed by atoms with van der Waals surface area (Å²) in [6.45, 7) is 0.963. The SMILES string of the molecule is O=C(c1ccc(O)c(F)c1)N1CCC2(CC1)C[C@H](O)C[C@H](c1ccccc1)O2. The van der Waals surface area contributed by atoms with Crippen LogP contribution in [0.25, 0.3) is 0 Å². The van der Waals surface area contributed by atoms with Gasteiger partial charge >= 0.3 is 0 Å². The van der Waals surface area contributed by atoms with Crippen molar-refractivity contribution in [3.05, 3.63) is 65.5 Å². The summed E-state index contributed by atoms with van der Waals surface area (Å²) in [6, 6.07) is 13.6. The lowest BCUT2D eigenvalue weighted by atomic mass is 9.81. The van der Waals surface area contributed by atoms with Gasteiger partial charge in [0, 0.05) is 31.5 Å². The number of amides is 1. The summed E-state index contributed by atoms with van der Waals surface area (Å²) in [7, 11) is 0. The van der Waals surface area contributed by atoms with Crippen molar-refractivity contribution in [2.24, 2.45) is 0 Å². The van der Waals surface area contributed by atoms with Crippen LogP contribution in [0, 0.1) is 5.82 Å². The molecule has 2 saturated heterocycles. The average molecular weight is 385 g/mol. The number of halogens is 1. The first kappa shape index (κ1) is 18.9. The van der Waals surface area contributed by atoms with Crippen molar-refractivity contribution in [1.29, 1.82) is 0 Å². The van der Waals surface area contributed by atoms with Gasteiger partial charge in [0.1, 0.15) is 0 Å². The highest BCUT2D eigenvalue weighted by Gasteiger charge is 2.44. The van der Waals surface area contributed by atoms with E-state index in [-0.39, 0.29) is 17.6 Å². The summed E-state index contributed by atoms with van der Waals surface area (Å²) in [4.78, 5) is 14.4. The maximum Gasteiger partial charge on any atom is 0.253 e. The number of ether oxygens (including phenoxy) is 1. The number of aromatic hydroxyl groups is 1. The van der Waals surface area contributed by atoms with E-state index in [1.165, 1.54) is 12.1 Å². The molecule has 28 heavy (non-hydrogen) atoms. The second-order valence-electron chi connectivity index (χ2n) is 7.75. The van der Waals surface area contributed by atoms with E-state index < -0.39 is 23.3 Å². The number of nitrogens with zero attached hydrogens (tertiary/aromatic N) is 1. The van der Waals surface area contributed by atoms with Crippen LogP contribution >= 0.6 is 0 Å². The van der Waals surface area contributed by atoms with E-state index in [2.05, 4.69) is 0 Å². The Balaban J connectivity index is 1.45. The Morgan fingerprint density at radius 1 is 1.14 bits per heavy atom. The van der Waals surface area contributed by atoms with Gasteiger partial charge in [-0.3, -0.25) is 4.79 Å². The summed E-state index contributed by atoms with van der Waals surface area (Å²) < 4.78 is 20.0. The van der Waals surface area contributed by atoms with E-state index >= 15 is 0 Å². The molecule has 2 N–H and O–H groups in total. The molecule has 0 radical (unpaired) electrons. The molecule has 0 unspecified atom stereocenters. The molecule has 2 aromatic carbocycles. The molecule has 2 atom stereocenters. The number of carbonyl (C=O) groups is 1. The Hall–Kier alpha value is -2.44. The number of aliphatic hydroxyl groups excluding tert-OH is 1. The van der Waals surface area contributed by atoms with Crippen molar-refractivity contribution in [3.8, 4) is 5.75 Å². The van der Waals surface area contributed by atoms with Crippen LogP contribution in [-0.2, 0) is 4.74 Å². The first-order chi connectivity index (χ1) is 13.5. The normalized spacial score (nSPS) is 24.3. The van der Waals surface area contributed by atoms with E-state index in [4.69, 9.17) is 4.74 Å². The maximum atomic E-state index is 13.6. The highest BCUT2D eigenvalue weighted by atomic mass is 19.1. The van der Waals surface area contributed by atoms with Gasteiger partial charge in [-0.25, -0.2) is 4.39 Å². The zero-order valence-electron chi connectivity index (χ0n) is 15.6. The lowest BCUT2D eigenvalue weighted by Gasteiger charge is -2.48. The Kier molecular flexibility index (Phi) is 5.08. The van der Waals surface area contributed by atoms with E-state index in [9.17, 15) is 19.4 Å². The van der Waals surface area contributed by atoms with E-state index in [0.29, 0.717) is 38.8 Å². The van der Waals surface area contributed by atoms with E-state index in [0.717, 1.165) is 11.6 Å². The fourth-order valence-electron chi connectivity index (χ4n) is 4.29. The van der Waals surface area contributed by atoms with Crippen molar-refractivity contribution in [2.75, 3.05) is 13.1 Å². The fraction of sp³-hybridized carbons (Fsp3) is 0.409. The number of benzene rings is 2. The van der Waals surface area contributed by atoms with Gasteiger partial charge in [0.2, 0.25) is 0 Å². The van der Waals surface area contributed by atoms with Crippen molar-refractivity contribution in [2.45, 2.75) is 43.5 Å². The molecular formula is C22H24FNO4. The maximum absolute atomic E-state index is 13.6. The van der Waals surface area contributed by atoms with Gasteiger partial charge in [0.15, 0.2) is 11.6 Å². The minimum atomic E-state index is -0.802. The van der Waals surface area contributed by atoms with Crippen LogP contribution < -0.4 is 0 Å². The standard InChI is InChI=1S/C22H24FNO4/c23-18-12-16(6-7-19(18)26)21(27)24-10-8-22(9-11-24)14-17(25)13-20(28-22)15-4-2-1-3-5-15/h1-7,12,17,20,25-26H,8-11,13-14H2/t17-,20-/m1/s1. The predicted octanol–water partition coefficient (Wildman–Crippen LogP) is 3.42. The third-order valence-corrected chi connectivity index (χ3v) is 5.81. The molecule has 148 valence electrons. The molecule has 2 fully saturated rings. The first-order valence-corrected chi connectivity index (χ1v) is 9.64. The summed E-state index contributed by atoms with van der Waals surface area (Å²) in [5.74, 6) is -1.53. The monoisotopic (exact) mass is 385 g/mol. The van der Waals surface area contributed by atoms with Crippen LogP contribution in [0.4, 0.5) is 4.39 Å². The number of phenolic OH excluding ortho intramolecular Hbond substituents is 1. The lowest BCUT2D eigenvalue weighted by molar-refractivity contribution is -0.181. The van der Waals surface area contributed by atoms with Crippen LogP contribution in [-0.4, -0.2) is 45.8 Å². The lowest BCUT2D eigenvalue weighted by Crippen LogP contribution is -2.52. The largest absolute Gasteiger partial charge is 0.505 e. The van der Waals surface area contributed by atoms with Gasteiger partial charge in [-0.2, -0.15) is 0 Å². The summed E-state index contributed by atoms with van der Waals surface area (Å²) >= 11 is 0. The predicted molar refractivity (Wildman–Crippen MR) is 101 cm³/mol. The van der Waals surface area contributed by atoms with Gasteiger partial charge in [-0.05, 0) is 36.6 Å². The average Bonchev–Trinajstić information content (AvgIpc) is 2.70. The third-order valence-electron chi connectivity index (χ3n) is 5.81. The summed E-state index contributed by atoms with van der Waals surface area (Å²) in [5, 5.41) is 19.7. The number of aliphatic hydroxyl groups is 1. The molecule has 2 aliphatic rings. The molecule has 0 bridgehead atoms. The highest BCUT2D eigenvalue weighted by molar-refractivity contribution is 5.94. The van der Waals surface area contributed by atoms with Gasteiger partial charge in [0.05, 0.1) is 17.8 Å². The summed E-state index contributed by atoms with van der Waals surface area (Å²) in [5.41, 5.74) is 0.825. The van der Waals surface area contributed by atoms with Crippen LogP contribution in [0.3, 0.4) is 0 Å². The molecule has 0 aromatic heterocycles. The quantitative estimate of drug-likeness (QED) is 0.831. The van der Waals surface area contributed by atoms with Crippen LogP contribution in [0.1, 0.15) is 47.7 Å². The van der Waals surface area contributed by atoms with E-state index in [1.54, 1.807) is 4.90 Å². The molecule has 0 aliphatic carbocycles. The third kappa shape index (κ3) is 3.75. The van der Waals surface area contributed by atoms with Gasteiger partial charge in [0.25, 0.3) is 5.91 Å². The number of phenols is 1. The summed E-state index contributed by atoms with van der Waals surface area (Å²) in [6.07, 6.45) is 1.79. The topological polar surface area (TPSA) is 70.0 Å². The zero-order chi connectivity index (χ0) is 19.7. The van der Waals surface area contributed by atoms with Crippen LogP contribution in [0.5, 0.6) is 5.75 Å². The molecule has 0 saturated carbocycles. The van der Waals surface area contributed by atoms with Crippen molar-refractivity contribution in [1.82, 2.24) is 4.90 Å². The van der Waals surface area contributed by atoms with Crippen LogP contribution in [0.2, 0.25) is 0 Å². The molecule has 2 heterocycles. The highest BCUT2D eigenvalue weighted by Crippen LogP contribution is 2.43. The fourth-order valence-corrected chi connectivity index (χ4v) is 4.29. The molecule has 2 aromatic rings. The number of piperidine rings is 1.